The largest absolute Gasteiger partial charge is 0.492 e. The molecule has 1 amide bonds. The number of aromatic nitrogens is 1. The van der Waals surface area contributed by atoms with Crippen LogP contribution in [0, 0.1) is 13.8 Å². The lowest BCUT2D eigenvalue weighted by atomic mass is 10.2. The van der Waals surface area contributed by atoms with E-state index in [0.29, 0.717) is 36.6 Å². The van der Waals surface area contributed by atoms with Crippen molar-refractivity contribution in [1.29, 1.82) is 0 Å². The number of carbonyl (C=O) groups is 2. The number of hydrogen-bond donors (Lipinski definition) is 1. The Hall–Kier alpha value is -2.85. The van der Waals surface area contributed by atoms with Crippen molar-refractivity contribution in [1.82, 2.24) is 8.87 Å². The molecule has 0 aliphatic carbocycles. The Kier molecular flexibility index (Phi) is 7.80. The van der Waals surface area contributed by atoms with Crippen LogP contribution in [0.3, 0.4) is 0 Å². The molecule has 1 saturated heterocycles. The van der Waals surface area contributed by atoms with Gasteiger partial charge in [-0.25, -0.2) is 13.2 Å². The highest BCUT2D eigenvalue weighted by Crippen LogP contribution is 2.31. The summed E-state index contributed by atoms with van der Waals surface area (Å²) in [5, 5.41) is 2.77. The van der Waals surface area contributed by atoms with Gasteiger partial charge in [-0.05, 0) is 64.8 Å². The summed E-state index contributed by atoms with van der Waals surface area (Å²) in [6.45, 7) is 8.59. The van der Waals surface area contributed by atoms with Crippen molar-refractivity contribution in [3.63, 3.8) is 0 Å². The number of anilines is 1. The summed E-state index contributed by atoms with van der Waals surface area (Å²) >= 11 is 0. The molecule has 1 aliphatic rings. The quantitative estimate of drug-likeness (QED) is 0.556. The topological polar surface area (TPSA) is 107 Å². The highest BCUT2D eigenvalue weighted by atomic mass is 32.2. The van der Waals surface area contributed by atoms with Crippen LogP contribution in [0.15, 0.2) is 29.2 Å². The molecule has 10 heteroatoms. The minimum atomic E-state index is -3.73. The van der Waals surface area contributed by atoms with Gasteiger partial charge in [0.25, 0.3) is 0 Å². The van der Waals surface area contributed by atoms with Crippen LogP contribution in [0.5, 0.6) is 5.75 Å². The second-order valence-electron chi connectivity index (χ2n) is 7.85. The van der Waals surface area contributed by atoms with Crippen LogP contribution in [0.25, 0.3) is 0 Å². The molecule has 1 aromatic carbocycles. The second kappa shape index (κ2) is 10.4. The third kappa shape index (κ3) is 5.39. The Morgan fingerprint density at radius 3 is 2.39 bits per heavy atom. The van der Waals surface area contributed by atoms with E-state index in [1.54, 1.807) is 50.5 Å². The zero-order chi connectivity index (χ0) is 24.2. The molecule has 2 heterocycles. The fraction of sp³-hybridized carbons (Fsp3) is 0.478. The maximum absolute atomic E-state index is 13.2. The molecule has 0 unspecified atom stereocenters. The molecule has 9 nitrogen and oxygen atoms in total. The van der Waals surface area contributed by atoms with Gasteiger partial charge < -0.3 is 19.4 Å². The molecule has 0 spiro atoms. The van der Waals surface area contributed by atoms with E-state index < -0.39 is 16.0 Å². The molecule has 3 rings (SSSR count). The molecular formula is C23H31N3O6S. The second-order valence-corrected chi connectivity index (χ2v) is 9.75. The first-order chi connectivity index (χ1) is 15.7. The average molecular weight is 478 g/mol. The number of aryl methyl sites for hydroxylation is 1. The lowest BCUT2D eigenvalue weighted by Gasteiger charge is -2.19. The van der Waals surface area contributed by atoms with Gasteiger partial charge in [0.05, 0.1) is 18.8 Å². The fourth-order valence-corrected chi connectivity index (χ4v) is 5.61. The zero-order valence-corrected chi connectivity index (χ0v) is 20.3. The van der Waals surface area contributed by atoms with Crippen molar-refractivity contribution < 1.29 is 27.5 Å². The maximum Gasteiger partial charge on any atom is 0.339 e. The van der Waals surface area contributed by atoms with Crippen molar-refractivity contribution in [2.45, 2.75) is 52.0 Å². The van der Waals surface area contributed by atoms with Crippen molar-refractivity contribution in [2.24, 2.45) is 0 Å². The third-order valence-corrected chi connectivity index (χ3v) is 7.50. The molecule has 0 bridgehead atoms. The predicted octanol–water partition coefficient (Wildman–Crippen LogP) is 3.10. The van der Waals surface area contributed by atoms with Gasteiger partial charge in [-0.2, -0.15) is 4.31 Å². The Labute approximate surface area is 194 Å². The SMILES string of the molecule is CCOC(=O)c1cc(C)n(CC(=O)Nc2ccc(OCC)c(S(=O)(=O)N3CCCC3)c2)c1C. The number of amides is 1. The highest BCUT2D eigenvalue weighted by molar-refractivity contribution is 7.89. The summed E-state index contributed by atoms with van der Waals surface area (Å²) in [5.74, 6) is -0.514. The zero-order valence-electron chi connectivity index (χ0n) is 19.5. The van der Waals surface area contributed by atoms with Crippen LogP contribution in [0.2, 0.25) is 0 Å². The molecule has 180 valence electrons. The maximum atomic E-state index is 13.2. The van der Waals surface area contributed by atoms with Crippen LogP contribution in [-0.2, 0) is 26.1 Å². The number of esters is 1. The first-order valence-corrected chi connectivity index (χ1v) is 12.5. The van der Waals surface area contributed by atoms with Gasteiger partial charge in [0.15, 0.2) is 0 Å². The number of benzene rings is 1. The summed E-state index contributed by atoms with van der Waals surface area (Å²) < 4.78 is 40.1. The number of carbonyl (C=O) groups excluding carboxylic acids is 2. The van der Waals surface area contributed by atoms with Crippen LogP contribution in [0.4, 0.5) is 5.69 Å². The van der Waals surface area contributed by atoms with Gasteiger partial charge in [-0.1, -0.05) is 0 Å². The summed E-state index contributed by atoms with van der Waals surface area (Å²) in [6.07, 6.45) is 1.64. The molecule has 1 aliphatic heterocycles. The molecular weight excluding hydrogens is 446 g/mol. The summed E-state index contributed by atoms with van der Waals surface area (Å²) in [6, 6.07) is 6.31. The number of nitrogens with zero attached hydrogens (tertiary/aromatic N) is 2. The van der Waals surface area contributed by atoms with Crippen LogP contribution in [-0.4, -0.2) is 55.5 Å². The fourth-order valence-electron chi connectivity index (χ4n) is 3.93. The molecule has 1 aromatic heterocycles. The normalized spacial score (nSPS) is 14.3. The molecule has 0 atom stereocenters. The van der Waals surface area contributed by atoms with Crippen LogP contribution >= 0.6 is 0 Å². The van der Waals surface area contributed by atoms with E-state index in [1.807, 2.05) is 0 Å². The van der Waals surface area contributed by atoms with E-state index in [0.717, 1.165) is 18.5 Å². The van der Waals surface area contributed by atoms with Gasteiger partial charge in [-0.15, -0.1) is 0 Å². The van der Waals surface area contributed by atoms with Crippen molar-refractivity contribution in [3.8, 4) is 5.75 Å². The lowest BCUT2D eigenvalue weighted by Crippen LogP contribution is -2.28. The Bertz CT molecular complexity index is 1130. The summed E-state index contributed by atoms with van der Waals surface area (Å²) in [7, 11) is -3.73. The van der Waals surface area contributed by atoms with Crippen molar-refractivity contribution in [3.05, 3.63) is 41.2 Å². The molecule has 1 fully saturated rings. The van der Waals surface area contributed by atoms with Gasteiger partial charge in [0.2, 0.25) is 15.9 Å². The number of rotatable bonds is 9. The van der Waals surface area contributed by atoms with E-state index in [1.165, 1.54) is 10.4 Å². The van der Waals surface area contributed by atoms with E-state index in [4.69, 9.17) is 9.47 Å². The van der Waals surface area contributed by atoms with E-state index >= 15 is 0 Å². The van der Waals surface area contributed by atoms with E-state index in [2.05, 4.69) is 5.32 Å². The Morgan fingerprint density at radius 2 is 1.76 bits per heavy atom. The number of ether oxygens (including phenoxy) is 2. The van der Waals surface area contributed by atoms with Gasteiger partial charge in [-0.3, -0.25) is 4.79 Å². The predicted molar refractivity (Wildman–Crippen MR) is 124 cm³/mol. The monoisotopic (exact) mass is 477 g/mol. The lowest BCUT2D eigenvalue weighted by molar-refractivity contribution is -0.116. The minimum Gasteiger partial charge on any atom is -0.492 e. The van der Waals surface area contributed by atoms with Gasteiger partial charge >= 0.3 is 5.97 Å². The Balaban J connectivity index is 1.83. The van der Waals surface area contributed by atoms with E-state index in [9.17, 15) is 18.0 Å². The smallest absolute Gasteiger partial charge is 0.339 e. The molecule has 0 radical (unpaired) electrons. The van der Waals surface area contributed by atoms with E-state index in [-0.39, 0.29) is 29.7 Å². The molecule has 2 aromatic rings. The standard InChI is InChI=1S/C23H31N3O6S/c1-5-31-20-10-9-18(14-21(20)33(29,30)25-11-7-8-12-25)24-22(27)15-26-16(3)13-19(17(26)4)23(28)32-6-2/h9-10,13-14H,5-8,11-12,15H2,1-4H3,(H,24,27). The highest BCUT2D eigenvalue weighted by Gasteiger charge is 2.30. The number of hydrogen-bond acceptors (Lipinski definition) is 6. The third-order valence-electron chi connectivity index (χ3n) is 5.58. The van der Waals surface area contributed by atoms with Crippen LogP contribution in [0.1, 0.15) is 48.4 Å². The van der Waals surface area contributed by atoms with Gasteiger partial charge in [0, 0.05) is 30.2 Å². The van der Waals surface area contributed by atoms with Gasteiger partial charge in [0.1, 0.15) is 17.2 Å². The van der Waals surface area contributed by atoms with Crippen molar-refractivity contribution >= 4 is 27.6 Å². The number of sulfonamides is 1. The number of nitrogens with one attached hydrogen (secondary N) is 1. The molecule has 1 N–H and O–H groups in total. The summed E-state index contributed by atoms with van der Waals surface area (Å²) in [4.78, 5) is 24.9. The van der Waals surface area contributed by atoms with Crippen molar-refractivity contribution in [2.75, 3.05) is 31.6 Å². The average Bonchev–Trinajstić information content (AvgIpc) is 3.40. The minimum absolute atomic E-state index is 0.0293. The first kappa shape index (κ1) is 24.8. The van der Waals surface area contributed by atoms with Crippen LogP contribution < -0.4 is 10.1 Å². The molecule has 33 heavy (non-hydrogen) atoms. The summed E-state index contributed by atoms with van der Waals surface area (Å²) in [5.41, 5.74) is 2.15. The Morgan fingerprint density at radius 1 is 1.06 bits per heavy atom. The first-order valence-electron chi connectivity index (χ1n) is 11.1. The molecule has 0 saturated carbocycles.